The fraction of sp³-hybridized carbons (Fsp3) is 0.211. The summed E-state index contributed by atoms with van der Waals surface area (Å²) in [5.74, 6) is -0.300. The fourth-order valence-electron chi connectivity index (χ4n) is 2.67. The topological polar surface area (TPSA) is 102 Å². The molecule has 2 heterocycles. The van der Waals surface area contributed by atoms with Crippen LogP contribution in [0.2, 0.25) is 10.0 Å². The Morgan fingerprint density at radius 1 is 1.25 bits per heavy atom. The van der Waals surface area contributed by atoms with Crippen molar-refractivity contribution in [2.24, 2.45) is 0 Å². The van der Waals surface area contributed by atoms with Gasteiger partial charge in [-0.15, -0.1) is 0 Å². The second kappa shape index (κ2) is 8.60. The fourth-order valence-corrected chi connectivity index (χ4v) is 3.13. The molecule has 0 spiro atoms. The van der Waals surface area contributed by atoms with E-state index in [2.05, 4.69) is 10.3 Å². The number of aliphatic hydroxyl groups is 1. The van der Waals surface area contributed by atoms with Gasteiger partial charge in [-0.25, -0.2) is 0 Å². The Bertz CT molecular complexity index is 1030. The Morgan fingerprint density at radius 3 is 2.61 bits per heavy atom. The summed E-state index contributed by atoms with van der Waals surface area (Å²) < 4.78 is 10.9. The molecule has 0 radical (unpaired) electrons. The number of nitrogens with one attached hydrogen (secondary N) is 1. The molecular formula is C19H16Cl2N2O5. The first-order valence-corrected chi connectivity index (χ1v) is 9.06. The van der Waals surface area contributed by atoms with E-state index in [4.69, 9.17) is 37.5 Å². The van der Waals surface area contributed by atoms with Crippen LogP contribution in [0.25, 0.3) is 11.0 Å². The van der Waals surface area contributed by atoms with E-state index in [9.17, 15) is 9.59 Å². The van der Waals surface area contributed by atoms with Crippen LogP contribution in [0.4, 0.5) is 5.69 Å². The standard InChI is InChI=1S/C19H16Cl2N2O5/c1-27-15-5-4-10(19(26)23-17-12(20)8-22-9-13(17)21)11-7-16(28-18(11)15)14(25)3-2-6-24/h4-5,7-9,24H,2-3,6H2,1H3,(H,22,23,26). The highest BCUT2D eigenvalue weighted by atomic mass is 35.5. The molecule has 0 unspecified atom stereocenters. The SMILES string of the molecule is COc1ccc(C(=O)Nc2c(Cl)cncc2Cl)c2cc(C(=O)CCCO)oc12. The number of Topliss-reactive ketones (excluding diaryl/α,β-unsaturated/α-hetero) is 1. The van der Waals surface area contributed by atoms with Crippen molar-refractivity contribution < 1.29 is 23.8 Å². The zero-order valence-electron chi connectivity index (χ0n) is 14.8. The van der Waals surface area contributed by atoms with E-state index in [1.165, 1.54) is 25.6 Å². The maximum Gasteiger partial charge on any atom is 0.256 e. The first-order valence-electron chi connectivity index (χ1n) is 8.31. The molecule has 1 aromatic carbocycles. The van der Waals surface area contributed by atoms with E-state index in [1.54, 1.807) is 12.1 Å². The number of anilines is 1. The molecule has 3 aromatic rings. The van der Waals surface area contributed by atoms with Crippen LogP contribution in [0.3, 0.4) is 0 Å². The van der Waals surface area contributed by atoms with Gasteiger partial charge >= 0.3 is 0 Å². The Balaban J connectivity index is 2.02. The number of fused-ring (bicyclic) bond motifs is 1. The van der Waals surface area contributed by atoms with Crippen LogP contribution in [0.1, 0.15) is 33.8 Å². The van der Waals surface area contributed by atoms with Gasteiger partial charge in [0.05, 0.1) is 28.4 Å². The van der Waals surface area contributed by atoms with Gasteiger partial charge in [0.15, 0.2) is 22.9 Å². The molecule has 0 saturated carbocycles. The number of nitrogens with zero attached hydrogens (tertiary/aromatic N) is 1. The number of ketones is 1. The number of aliphatic hydroxyl groups excluding tert-OH is 1. The van der Waals surface area contributed by atoms with Gasteiger partial charge in [-0.05, 0) is 24.6 Å². The normalized spacial score (nSPS) is 10.9. The average molecular weight is 423 g/mol. The predicted molar refractivity (Wildman–Crippen MR) is 106 cm³/mol. The van der Waals surface area contributed by atoms with Gasteiger partial charge in [0.25, 0.3) is 5.91 Å². The molecule has 2 N–H and O–H groups in total. The van der Waals surface area contributed by atoms with Gasteiger partial charge in [-0.1, -0.05) is 23.2 Å². The molecule has 0 atom stereocenters. The number of carbonyl (C=O) groups is 2. The summed E-state index contributed by atoms with van der Waals surface area (Å²) in [6, 6.07) is 4.61. The monoisotopic (exact) mass is 422 g/mol. The van der Waals surface area contributed by atoms with Gasteiger partial charge < -0.3 is 19.6 Å². The van der Waals surface area contributed by atoms with Crippen molar-refractivity contribution in [3.63, 3.8) is 0 Å². The molecule has 0 aliphatic heterocycles. The lowest BCUT2D eigenvalue weighted by atomic mass is 10.1. The summed E-state index contributed by atoms with van der Waals surface area (Å²) in [5, 5.41) is 12.4. The van der Waals surface area contributed by atoms with Crippen molar-refractivity contribution in [3.05, 3.63) is 52.0 Å². The maximum atomic E-state index is 12.8. The van der Waals surface area contributed by atoms with E-state index in [0.29, 0.717) is 17.6 Å². The summed E-state index contributed by atoms with van der Waals surface area (Å²) in [7, 11) is 1.46. The van der Waals surface area contributed by atoms with Crippen LogP contribution < -0.4 is 10.1 Å². The van der Waals surface area contributed by atoms with Crippen LogP contribution in [0, 0.1) is 0 Å². The van der Waals surface area contributed by atoms with Crippen molar-refractivity contribution in [2.75, 3.05) is 19.0 Å². The summed E-state index contributed by atoms with van der Waals surface area (Å²) in [6.45, 7) is -0.101. The summed E-state index contributed by atoms with van der Waals surface area (Å²) in [5.41, 5.74) is 0.758. The molecule has 0 aliphatic carbocycles. The molecule has 146 valence electrons. The van der Waals surface area contributed by atoms with Crippen LogP contribution in [-0.4, -0.2) is 35.5 Å². The second-order valence-electron chi connectivity index (χ2n) is 5.85. The number of pyridine rings is 1. The molecule has 0 bridgehead atoms. The lowest BCUT2D eigenvalue weighted by Crippen LogP contribution is -2.13. The highest BCUT2D eigenvalue weighted by Gasteiger charge is 2.21. The Labute approximate surface area is 170 Å². The van der Waals surface area contributed by atoms with Crippen LogP contribution >= 0.6 is 23.2 Å². The number of hydrogen-bond acceptors (Lipinski definition) is 6. The highest BCUT2D eigenvalue weighted by Crippen LogP contribution is 2.34. The lowest BCUT2D eigenvalue weighted by molar-refractivity contribution is 0.0945. The number of amides is 1. The van der Waals surface area contributed by atoms with E-state index < -0.39 is 5.91 Å². The van der Waals surface area contributed by atoms with Gasteiger partial charge in [-0.3, -0.25) is 14.6 Å². The van der Waals surface area contributed by atoms with E-state index in [1.807, 2.05) is 0 Å². The number of methoxy groups -OCH3 is 1. The van der Waals surface area contributed by atoms with Crippen LogP contribution in [0.5, 0.6) is 5.75 Å². The molecule has 2 aromatic heterocycles. The molecular weight excluding hydrogens is 407 g/mol. The summed E-state index contributed by atoms with van der Waals surface area (Å²) >= 11 is 12.1. The second-order valence-corrected chi connectivity index (χ2v) is 6.67. The number of aromatic nitrogens is 1. The van der Waals surface area contributed by atoms with E-state index >= 15 is 0 Å². The first kappa shape index (κ1) is 20.1. The minimum Gasteiger partial charge on any atom is -0.493 e. The third-order valence-electron chi connectivity index (χ3n) is 4.04. The smallest absolute Gasteiger partial charge is 0.256 e. The van der Waals surface area contributed by atoms with Crippen molar-refractivity contribution in [2.45, 2.75) is 12.8 Å². The van der Waals surface area contributed by atoms with Gasteiger partial charge in [0.1, 0.15) is 0 Å². The zero-order chi connectivity index (χ0) is 20.3. The Kier molecular flexibility index (Phi) is 6.18. The Hall–Kier alpha value is -2.61. The number of hydrogen-bond donors (Lipinski definition) is 2. The lowest BCUT2D eigenvalue weighted by Gasteiger charge is -2.10. The van der Waals surface area contributed by atoms with Gasteiger partial charge in [0.2, 0.25) is 0 Å². The molecule has 1 amide bonds. The van der Waals surface area contributed by atoms with E-state index in [-0.39, 0.29) is 51.5 Å². The zero-order valence-corrected chi connectivity index (χ0v) is 16.3. The number of furan rings is 1. The van der Waals surface area contributed by atoms with Crippen LogP contribution in [-0.2, 0) is 0 Å². The van der Waals surface area contributed by atoms with Crippen molar-refractivity contribution in [1.82, 2.24) is 4.98 Å². The third-order valence-corrected chi connectivity index (χ3v) is 4.61. The number of benzene rings is 1. The number of halogens is 2. The number of ether oxygens (including phenoxy) is 1. The minimum atomic E-state index is -0.488. The molecule has 3 rings (SSSR count). The van der Waals surface area contributed by atoms with Gasteiger partial charge in [0, 0.05) is 30.8 Å². The third kappa shape index (κ3) is 3.96. The number of carbonyl (C=O) groups excluding carboxylic acids is 2. The molecule has 9 heteroatoms. The predicted octanol–water partition coefficient (Wildman–Crippen LogP) is 4.35. The maximum absolute atomic E-state index is 12.8. The minimum absolute atomic E-state index is 0.0852. The van der Waals surface area contributed by atoms with Crippen molar-refractivity contribution in [1.29, 1.82) is 0 Å². The molecule has 0 fully saturated rings. The van der Waals surface area contributed by atoms with Crippen molar-refractivity contribution >= 4 is 51.5 Å². The highest BCUT2D eigenvalue weighted by molar-refractivity contribution is 6.39. The largest absolute Gasteiger partial charge is 0.493 e. The van der Waals surface area contributed by atoms with Gasteiger partial charge in [-0.2, -0.15) is 0 Å². The molecule has 0 saturated heterocycles. The number of rotatable bonds is 7. The van der Waals surface area contributed by atoms with Crippen molar-refractivity contribution in [3.8, 4) is 5.75 Å². The van der Waals surface area contributed by atoms with Crippen LogP contribution in [0.15, 0.2) is 35.0 Å². The average Bonchev–Trinajstić information content (AvgIpc) is 3.13. The molecule has 0 aliphatic rings. The summed E-state index contributed by atoms with van der Waals surface area (Å²) in [4.78, 5) is 28.9. The summed E-state index contributed by atoms with van der Waals surface area (Å²) in [6.07, 6.45) is 3.17. The molecule has 7 nitrogen and oxygen atoms in total. The van der Waals surface area contributed by atoms with E-state index in [0.717, 1.165) is 0 Å². The molecule has 28 heavy (non-hydrogen) atoms. The first-order chi connectivity index (χ1) is 13.5. The Morgan fingerprint density at radius 2 is 1.96 bits per heavy atom. The quantitative estimate of drug-likeness (QED) is 0.548.